The maximum Gasteiger partial charge on any atom is 0.410 e. The first-order valence-corrected chi connectivity index (χ1v) is 12.3. The van der Waals surface area contributed by atoms with Crippen molar-refractivity contribution in [2.75, 3.05) is 36.4 Å². The van der Waals surface area contributed by atoms with Crippen molar-refractivity contribution in [1.82, 2.24) is 29.9 Å². The molecule has 1 saturated heterocycles. The van der Waals surface area contributed by atoms with Crippen LogP contribution in [0.25, 0.3) is 21.9 Å². The average molecular weight is 489 g/mol. The van der Waals surface area contributed by atoms with E-state index in [0.29, 0.717) is 19.0 Å². The van der Waals surface area contributed by atoms with Gasteiger partial charge in [-0.1, -0.05) is 5.21 Å². The fraction of sp³-hybridized carbons (Fsp3) is 0.423. The third-order valence-electron chi connectivity index (χ3n) is 6.09. The van der Waals surface area contributed by atoms with Crippen molar-refractivity contribution in [3.05, 3.63) is 42.6 Å². The molecule has 0 spiro atoms. The lowest BCUT2D eigenvalue weighted by Gasteiger charge is -2.36. The minimum Gasteiger partial charge on any atom is -0.444 e. The molecule has 4 aromatic rings. The summed E-state index contributed by atoms with van der Waals surface area (Å²) in [6.45, 7) is 12.6. The first kappa shape index (κ1) is 23.8. The Morgan fingerprint density at radius 2 is 1.75 bits per heavy atom. The lowest BCUT2D eigenvalue weighted by molar-refractivity contribution is 0.0240. The summed E-state index contributed by atoms with van der Waals surface area (Å²) >= 11 is 0. The molecule has 10 nitrogen and oxygen atoms in total. The van der Waals surface area contributed by atoms with E-state index < -0.39 is 5.60 Å². The Kier molecular flexibility index (Phi) is 6.11. The van der Waals surface area contributed by atoms with E-state index in [1.165, 1.54) is 0 Å². The summed E-state index contributed by atoms with van der Waals surface area (Å²) in [5.74, 6) is 0.519. The number of rotatable bonds is 4. The van der Waals surface area contributed by atoms with Gasteiger partial charge in [0.15, 0.2) is 0 Å². The third kappa shape index (κ3) is 4.89. The summed E-state index contributed by atoms with van der Waals surface area (Å²) in [7, 11) is 0. The van der Waals surface area contributed by atoms with E-state index in [2.05, 4.69) is 51.5 Å². The van der Waals surface area contributed by atoms with Crippen LogP contribution in [0, 0.1) is 0 Å². The standard InChI is InChI=1S/C26H32N8O2/c1-17(2)34-23-21(30-31-34)11-6-18-16-27-24(29-22(18)23)28-19-7-9-20(10-8-19)32-12-14-33(15-13-32)25(35)36-26(3,4)5/h6-11,16-17H,12-15H2,1-5H3,(H,27,28,29). The number of ether oxygens (including phenoxy) is 1. The summed E-state index contributed by atoms with van der Waals surface area (Å²) in [6, 6.07) is 12.3. The van der Waals surface area contributed by atoms with Crippen LogP contribution in [-0.2, 0) is 4.74 Å². The Morgan fingerprint density at radius 1 is 1.03 bits per heavy atom. The summed E-state index contributed by atoms with van der Waals surface area (Å²) in [5, 5.41) is 12.8. The molecule has 0 saturated carbocycles. The summed E-state index contributed by atoms with van der Waals surface area (Å²) in [4.78, 5) is 25.7. The largest absolute Gasteiger partial charge is 0.444 e. The van der Waals surface area contributed by atoms with Crippen molar-refractivity contribution >= 4 is 45.4 Å². The van der Waals surface area contributed by atoms with Crippen LogP contribution < -0.4 is 10.2 Å². The van der Waals surface area contributed by atoms with Gasteiger partial charge in [-0.3, -0.25) is 0 Å². The lowest BCUT2D eigenvalue weighted by Crippen LogP contribution is -2.50. The van der Waals surface area contributed by atoms with E-state index in [-0.39, 0.29) is 12.1 Å². The molecule has 0 aliphatic carbocycles. The van der Waals surface area contributed by atoms with Gasteiger partial charge in [-0.05, 0) is 71.0 Å². The van der Waals surface area contributed by atoms with Crippen LogP contribution in [0.15, 0.2) is 42.6 Å². The highest BCUT2D eigenvalue weighted by atomic mass is 16.6. The zero-order valence-corrected chi connectivity index (χ0v) is 21.4. The monoisotopic (exact) mass is 488 g/mol. The third-order valence-corrected chi connectivity index (χ3v) is 6.09. The molecule has 5 rings (SSSR count). The number of piperazine rings is 1. The molecule has 1 N–H and O–H groups in total. The first-order chi connectivity index (χ1) is 17.2. The van der Waals surface area contributed by atoms with Crippen molar-refractivity contribution in [3.8, 4) is 0 Å². The van der Waals surface area contributed by atoms with Gasteiger partial charge in [0.1, 0.15) is 22.2 Å². The van der Waals surface area contributed by atoms with Crippen LogP contribution in [0.1, 0.15) is 40.7 Å². The predicted molar refractivity (Wildman–Crippen MR) is 141 cm³/mol. The number of amides is 1. The van der Waals surface area contributed by atoms with Gasteiger partial charge in [0.2, 0.25) is 5.95 Å². The Balaban J connectivity index is 1.28. The number of benzene rings is 2. The first-order valence-electron chi connectivity index (χ1n) is 12.3. The fourth-order valence-corrected chi connectivity index (χ4v) is 4.30. The summed E-state index contributed by atoms with van der Waals surface area (Å²) < 4.78 is 7.39. The van der Waals surface area contributed by atoms with E-state index in [1.54, 1.807) is 4.90 Å². The SMILES string of the molecule is CC(C)n1nnc2ccc3cnc(Nc4ccc(N5CCN(C(=O)OC(C)(C)C)CC5)cc4)nc3c21. The van der Waals surface area contributed by atoms with Gasteiger partial charge in [0, 0.05) is 55.2 Å². The number of nitrogens with zero attached hydrogens (tertiary/aromatic N) is 7. The second-order valence-corrected chi connectivity index (χ2v) is 10.3. The normalized spacial score (nSPS) is 14.6. The molecule has 188 valence electrons. The minimum atomic E-state index is -0.482. The fourth-order valence-electron chi connectivity index (χ4n) is 4.30. The van der Waals surface area contributed by atoms with Crippen LogP contribution in [-0.4, -0.2) is 67.7 Å². The van der Waals surface area contributed by atoms with Crippen LogP contribution >= 0.6 is 0 Å². The molecule has 36 heavy (non-hydrogen) atoms. The maximum atomic E-state index is 12.3. The number of carbonyl (C=O) groups is 1. The average Bonchev–Trinajstić information content (AvgIpc) is 3.29. The molecule has 1 fully saturated rings. The molecule has 1 aliphatic heterocycles. The van der Waals surface area contributed by atoms with Crippen molar-refractivity contribution in [2.45, 2.75) is 46.3 Å². The molecule has 0 radical (unpaired) electrons. The van der Waals surface area contributed by atoms with Gasteiger partial charge >= 0.3 is 6.09 Å². The molecule has 0 unspecified atom stereocenters. The van der Waals surface area contributed by atoms with E-state index in [4.69, 9.17) is 9.72 Å². The zero-order chi connectivity index (χ0) is 25.4. The van der Waals surface area contributed by atoms with Crippen LogP contribution in [0.3, 0.4) is 0 Å². The Labute approximate surface area is 210 Å². The second kappa shape index (κ2) is 9.25. The van der Waals surface area contributed by atoms with Crippen LogP contribution in [0.5, 0.6) is 0 Å². The van der Waals surface area contributed by atoms with Crippen molar-refractivity contribution in [3.63, 3.8) is 0 Å². The molecule has 2 aromatic carbocycles. The number of nitrogens with one attached hydrogen (secondary N) is 1. The molecule has 3 heterocycles. The molecular weight excluding hydrogens is 456 g/mol. The van der Waals surface area contributed by atoms with Crippen LogP contribution in [0.2, 0.25) is 0 Å². The number of aromatic nitrogens is 5. The number of anilines is 3. The topological polar surface area (TPSA) is 101 Å². The van der Waals surface area contributed by atoms with Crippen LogP contribution in [0.4, 0.5) is 22.1 Å². The smallest absolute Gasteiger partial charge is 0.410 e. The maximum absolute atomic E-state index is 12.3. The van der Waals surface area contributed by atoms with Crippen molar-refractivity contribution in [2.24, 2.45) is 0 Å². The zero-order valence-electron chi connectivity index (χ0n) is 21.4. The van der Waals surface area contributed by atoms with Crippen molar-refractivity contribution in [1.29, 1.82) is 0 Å². The Morgan fingerprint density at radius 3 is 2.42 bits per heavy atom. The predicted octanol–water partition coefficient (Wildman–Crippen LogP) is 4.76. The van der Waals surface area contributed by atoms with E-state index in [1.807, 2.05) is 55.9 Å². The highest BCUT2D eigenvalue weighted by Gasteiger charge is 2.26. The number of hydrogen-bond donors (Lipinski definition) is 1. The van der Waals surface area contributed by atoms with Gasteiger partial charge in [0.25, 0.3) is 0 Å². The summed E-state index contributed by atoms with van der Waals surface area (Å²) in [6.07, 6.45) is 1.57. The molecule has 10 heteroatoms. The van der Waals surface area contributed by atoms with E-state index in [0.717, 1.165) is 46.4 Å². The highest BCUT2D eigenvalue weighted by molar-refractivity contribution is 6.01. The number of carbonyl (C=O) groups excluding carboxylic acids is 1. The van der Waals surface area contributed by atoms with Gasteiger partial charge < -0.3 is 19.9 Å². The number of fused-ring (bicyclic) bond motifs is 3. The quantitative estimate of drug-likeness (QED) is 0.439. The number of hydrogen-bond acceptors (Lipinski definition) is 8. The summed E-state index contributed by atoms with van der Waals surface area (Å²) in [5.41, 5.74) is 4.07. The van der Waals surface area contributed by atoms with Gasteiger partial charge in [-0.15, -0.1) is 5.10 Å². The molecule has 0 bridgehead atoms. The highest BCUT2D eigenvalue weighted by Crippen LogP contribution is 2.26. The van der Waals surface area contributed by atoms with E-state index >= 15 is 0 Å². The van der Waals surface area contributed by atoms with Gasteiger partial charge in [-0.2, -0.15) is 0 Å². The van der Waals surface area contributed by atoms with Gasteiger partial charge in [0.05, 0.1) is 0 Å². The molecular formula is C26H32N8O2. The van der Waals surface area contributed by atoms with E-state index in [9.17, 15) is 4.79 Å². The Bertz CT molecular complexity index is 1380. The molecule has 2 aromatic heterocycles. The minimum absolute atomic E-state index is 0.172. The van der Waals surface area contributed by atoms with Gasteiger partial charge in [-0.25, -0.2) is 19.4 Å². The van der Waals surface area contributed by atoms with Crippen molar-refractivity contribution < 1.29 is 9.53 Å². The molecule has 0 atom stereocenters. The molecule has 1 aliphatic rings. The second-order valence-electron chi connectivity index (χ2n) is 10.3. The Hall–Kier alpha value is -3.95. The lowest BCUT2D eigenvalue weighted by atomic mass is 10.2. The molecule has 1 amide bonds.